The van der Waals surface area contributed by atoms with Gasteiger partial charge < -0.3 is 10.5 Å². The third kappa shape index (κ3) is 1.63. The van der Waals surface area contributed by atoms with Crippen molar-refractivity contribution in [2.75, 3.05) is 0 Å². The van der Waals surface area contributed by atoms with Gasteiger partial charge in [0.1, 0.15) is 11.3 Å². The molecule has 1 aromatic carbocycles. The Kier molecular flexibility index (Phi) is 2.34. The van der Waals surface area contributed by atoms with Gasteiger partial charge >= 0.3 is 6.61 Å². The van der Waals surface area contributed by atoms with Crippen molar-refractivity contribution in [1.82, 2.24) is 0 Å². The lowest BCUT2D eigenvalue weighted by molar-refractivity contribution is -0.0512. The molecule has 0 bridgehead atoms. The Hall–Kier alpha value is -1.30. The summed E-state index contributed by atoms with van der Waals surface area (Å²) in [5.41, 5.74) is 3.49. The third-order valence-corrected chi connectivity index (χ3v) is 2.61. The average molecular weight is 235 g/mol. The molecule has 0 radical (unpaired) electrons. The Labute approximate surface area is 89.0 Å². The van der Waals surface area contributed by atoms with Gasteiger partial charge in [-0.2, -0.15) is 8.78 Å². The van der Waals surface area contributed by atoms with Crippen molar-refractivity contribution in [3.8, 4) is 5.75 Å². The lowest BCUT2D eigenvalue weighted by Crippen LogP contribution is -2.28. The molecule has 6 heteroatoms. The highest BCUT2D eigenvalue weighted by atomic mass is 19.3. The Morgan fingerprint density at radius 1 is 1.25 bits per heavy atom. The van der Waals surface area contributed by atoms with Gasteiger partial charge in [0.05, 0.1) is 0 Å². The van der Waals surface area contributed by atoms with Gasteiger partial charge in [0.25, 0.3) is 5.92 Å². The smallest absolute Gasteiger partial charge is 0.387 e. The monoisotopic (exact) mass is 235 g/mol. The van der Waals surface area contributed by atoms with Crippen LogP contribution in [0.25, 0.3) is 0 Å². The van der Waals surface area contributed by atoms with Gasteiger partial charge in [-0.05, 0) is 6.07 Å². The normalized spacial score (nSPS) is 26.9. The van der Waals surface area contributed by atoms with Crippen LogP contribution in [-0.2, 0) is 5.54 Å². The SMILES string of the molecule is NC1(c2ccccc2OC(F)F)CC1(F)F. The fourth-order valence-electron chi connectivity index (χ4n) is 1.63. The molecule has 2 nitrogen and oxygen atoms in total. The average Bonchev–Trinajstić information content (AvgIpc) is 2.66. The molecule has 0 amide bonds. The molecule has 1 aliphatic rings. The Bertz CT molecular complexity index is 410. The summed E-state index contributed by atoms with van der Waals surface area (Å²) >= 11 is 0. The highest BCUT2D eigenvalue weighted by Crippen LogP contribution is 2.59. The summed E-state index contributed by atoms with van der Waals surface area (Å²) in [5.74, 6) is -3.36. The van der Waals surface area contributed by atoms with Gasteiger partial charge in [-0.1, -0.05) is 18.2 Å². The van der Waals surface area contributed by atoms with E-state index in [9.17, 15) is 17.6 Å². The summed E-state index contributed by atoms with van der Waals surface area (Å²) in [6, 6.07) is 5.35. The molecule has 1 saturated carbocycles. The third-order valence-electron chi connectivity index (χ3n) is 2.61. The van der Waals surface area contributed by atoms with Crippen molar-refractivity contribution in [2.45, 2.75) is 24.5 Å². The van der Waals surface area contributed by atoms with E-state index in [1.54, 1.807) is 0 Å². The second kappa shape index (κ2) is 3.35. The van der Waals surface area contributed by atoms with Crippen molar-refractivity contribution < 1.29 is 22.3 Å². The molecule has 0 aromatic heterocycles. The van der Waals surface area contributed by atoms with Crippen LogP contribution in [0.4, 0.5) is 17.6 Å². The van der Waals surface area contributed by atoms with E-state index in [0.29, 0.717) is 0 Å². The zero-order valence-corrected chi connectivity index (χ0v) is 8.09. The maximum atomic E-state index is 13.0. The molecule has 2 rings (SSSR count). The second-order valence-electron chi connectivity index (χ2n) is 3.73. The summed E-state index contributed by atoms with van der Waals surface area (Å²) in [4.78, 5) is 0. The summed E-state index contributed by atoms with van der Waals surface area (Å²) in [5, 5.41) is 0. The molecule has 0 spiro atoms. The van der Waals surface area contributed by atoms with E-state index in [0.717, 1.165) is 0 Å². The topological polar surface area (TPSA) is 35.2 Å². The summed E-state index contributed by atoms with van der Waals surface area (Å²) in [7, 11) is 0. The predicted octanol–water partition coefficient (Wildman–Crippen LogP) is 2.48. The molecule has 88 valence electrons. The van der Waals surface area contributed by atoms with Gasteiger partial charge in [0.15, 0.2) is 0 Å². The summed E-state index contributed by atoms with van der Waals surface area (Å²) in [6.45, 7) is -3.06. The molecule has 1 atom stereocenters. The first-order chi connectivity index (χ1) is 7.37. The maximum Gasteiger partial charge on any atom is 0.387 e. The molecule has 0 saturated heterocycles. The van der Waals surface area contributed by atoms with Crippen LogP contribution in [0.2, 0.25) is 0 Å². The number of benzene rings is 1. The van der Waals surface area contributed by atoms with Crippen LogP contribution in [0.15, 0.2) is 24.3 Å². The summed E-state index contributed by atoms with van der Waals surface area (Å²) in [6.07, 6.45) is -0.552. The quantitative estimate of drug-likeness (QED) is 0.817. The molecule has 1 unspecified atom stereocenters. The first kappa shape index (κ1) is 11.2. The standard InChI is InChI=1S/C10H9F4NO/c11-8(12)16-7-4-2-1-3-6(7)9(15)5-10(9,13)14/h1-4,8H,5,15H2. The van der Waals surface area contributed by atoms with Crippen LogP contribution in [0.3, 0.4) is 0 Å². The number of halogens is 4. The van der Waals surface area contributed by atoms with Crippen molar-refractivity contribution in [2.24, 2.45) is 5.73 Å². The molecule has 0 heterocycles. The number of ether oxygens (including phenoxy) is 1. The molecule has 1 aromatic rings. The van der Waals surface area contributed by atoms with E-state index < -0.39 is 24.5 Å². The Morgan fingerprint density at radius 3 is 2.31 bits per heavy atom. The maximum absolute atomic E-state index is 13.0. The van der Waals surface area contributed by atoms with Crippen LogP contribution >= 0.6 is 0 Å². The van der Waals surface area contributed by atoms with Crippen LogP contribution < -0.4 is 10.5 Å². The highest BCUT2D eigenvalue weighted by molar-refractivity contribution is 5.45. The van der Waals surface area contributed by atoms with Crippen molar-refractivity contribution in [1.29, 1.82) is 0 Å². The van der Waals surface area contributed by atoms with Gasteiger partial charge in [-0.25, -0.2) is 8.78 Å². The molecule has 1 aliphatic carbocycles. The van der Waals surface area contributed by atoms with Crippen LogP contribution in [0, 0.1) is 0 Å². The van der Waals surface area contributed by atoms with Gasteiger partial charge in [0.2, 0.25) is 0 Å². The van der Waals surface area contributed by atoms with Crippen molar-refractivity contribution >= 4 is 0 Å². The van der Waals surface area contributed by atoms with Crippen LogP contribution in [0.1, 0.15) is 12.0 Å². The van der Waals surface area contributed by atoms with Crippen LogP contribution in [-0.4, -0.2) is 12.5 Å². The summed E-state index contributed by atoms with van der Waals surface area (Å²) < 4.78 is 54.3. The van der Waals surface area contributed by atoms with Gasteiger partial charge in [0, 0.05) is 12.0 Å². The number of hydrogen-bond donors (Lipinski definition) is 1. The van der Waals surface area contributed by atoms with Gasteiger partial charge in [-0.15, -0.1) is 0 Å². The first-order valence-corrected chi connectivity index (χ1v) is 4.58. The fourth-order valence-corrected chi connectivity index (χ4v) is 1.63. The second-order valence-corrected chi connectivity index (χ2v) is 3.73. The number of rotatable bonds is 3. The number of para-hydroxylation sites is 1. The Morgan fingerprint density at radius 2 is 1.81 bits per heavy atom. The Balaban J connectivity index is 2.35. The zero-order chi connectivity index (χ0) is 12.0. The molecule has 2 N–H and O–H groups in total. The lowest BCUT2D eigenvalue weighted by atomic mass is 10.0. The van der Waals surface area contributed by atoms with E-state index in [2.05, 4.69) is 4.74 Å². The van der Waals surface area contributed by atoms with E-state index >= 15 is 0 Å². The molecular weight excluding hydrogens is 226 g/mol. The fraction of sp³-hybridized carbons (Fsp3) is 0.400. The number of hydrogen-bond acceptors (Lipinski definition) is 2. The van der Waals surface area contributed by atoms with Crippen molar-refractivity contribution in [3.05, 3.63) is 29.8 Å². The zero-order valence-electron chi connectivity index (χ0n) is 8.09. The first-order valence-electron chi connectivity index (χ1n) is 4.58. The van der Waals surface area contributed by atoms with E-state index in [1.165, 1.54) is 24.3 Å². The highest BCUT2D eigenvalue weighted by Gasteiger charge is 2.70. The van der Waals surface area contributed by atoms with Crippen LogP contribution in [0.5, 0.6) is 5.75 Å². The van der Waals surface area contributed by atoms with Crippen molar-refractivity contribution in [3.63, 3.8) is 0 Å². The largest absolute Gasteiger partial charge is 0.434 e. The predicted molar refractivity (Wildman–Crippen MR) is 48.5 cm³/mol. The minimum Gasteiger partial charge on any atom is -0.434 e. The lowest BCUT2D eigenvalue weighted by Gasteiger charge is -2.15. The van der Waals surface area contributed by atoms with Gasteiger partial charge in [-0.3, -0.25) is 0 Å². The molecule has 1 fully saturated rings. The number of nitrogens with two attached hydrogens (primary N) is 1. The van der Waals surface area contributed by atoms with E-state index in [4.69, 9.17) is 5.73 Å². The van der Waals surface area contributed by atoms with E-state index in [-0.39, 0.29) is 11.3 Å². The minimum absolute atomic E-state index is 0.0831. The molecule has 16 heavy (non-hydrogen) atoms. The van der Waals surface area contributed by atoms with E-state index in [1.807, 2.05) is 0 Å². The minimum atomic E-state index is -3.06. The molecule has 0 aliphatic heterocycles. The molecular formula is C10H9F4NO. The number of alkyl halides is 4.